The van der Waals surface area contributed by atoms with Crippen molar-refractivity contribution in [1.29, 1.82) is 0 Å². The zero-order valence-corrected chi connectivity index (χ0v) is 11.5. The quantitative estimate of drug-likeness (QED) is 0.635. The maximum atomic E-state index is 11.1. The van der Waals surface area contributed by atoms with Crippen molar-refractivity contribution in [3.63, 3.8) is 0 Å². The Labute approximate surface area is 116 Å². The van der Waals surface area contributed by atoms with E-state index in [-0.39, 0.29) is 5.69 Å². The van der Waals surface area contributed by atoms with Crippen LogP contribution in [0.5, 0.6) is 0 Å². The second-order valence-electron chi connectivity index (χ2n) is 4.11. The summed E-state index contributed by atoms with van der Waals surface area (Å²) in [6.07, 6.45) is 1.51. The first-order valence-electron chi connectivity index (χ1n) is 6.09. The van der Waals surface area contributed by atoms with Crippen molar-refractivity contribution < 1.29 is 4.92 Å². The second-order valence-corrected chi connectivity index (χ2v) is 4.52. The number of halogens is 1. The fourth-order valence-electron chi connectivity index (χ4n) is 1.95. The van der Waals surface area contributed by atoms with Gasteiger partial charge in [-0.25, -0.2) is 4.68 Å². The number of para-hydroxylation sites is 1. The molecule has 100 valence electrons. The Bertz CT molecular complexity index is 622. The van der Waals surface area contributed by atoms with E-state index in [0.29, 0.717) is 10.7 Å². The summed E-state index contributed by atoms with van der Waals surface area (Å²) >= 11 is 6.12. The number of nitro benzene ring substituents is 1. The summed E-state index contributed by atoms with van der Waals surface area (Å²) in [5.41, 5.74) is 2.11. The van der Waals surface area contributed by atoms with Crippen molar-refractivity contribution in [2.45, 2.75) is 26.7 Å². The van der Waals surface area contributed by atoms with Crippen LogP contribution in [-0.4, -0.2) is 14.7 Å². The molecule has 0 aliphatic carbocycles. The SMILES string of the molecule is CCc1cc(CC)n(-c2c(Cl)cccc2[N+](=O)[O-])n1. The number of aryl methyl sites for hydroxylation is 2. The predicted octanol–water partition coefficient (Wildman–Crippen LogP) is 3.56. The lowest BCUT2D eigenvalue weighted by atomic mass is 10.2. The van der Waals surface area contributed by atoms with Crippen LogP contribution in [0.4, 0.5) is 5.69 Å². The van der Waals surface area contributed by atoms with Crippen LogP contribution < -0.4 is 0 Å². The third kappa shape index (κ3) is 2.46. The summed E-state index contributed by atoms with van der Waals surface area (Å²) in [7, 11) is 0. The van der Waals surface area contributed by atoms with E-state index in [1.807, 2.05) is 19.9 Å². The Morgan fingerprint density at radius 3 is 2.68 bits per heavy atom. The zero-order chi connectivity index (χ0) is 14.0. The molecule has 5 nitrogen and oxygen atoms in total. The molecule has 19 heavy (non-hydrogen) atoms. The fourth-order valence-corrected chi connectivity index (χ4v) is 2.20. The number of hydrogen-bond donors (Lipinski definition) is 0. The highest BCUT2D eigenvalue weighted by atomic mass is 35.5. The van der Waals surface area contributed by atoms with Crippen LogP contribution >= 0.6 is 11.6 Å². The lowest BCUT2D eigenvalue weighted by Gasteiger charge is -2.08. The third-order valence-electron chi connectivity index (χ3n) is 2.93. The fraction of sp³-hybridized carbons (Fsp3) is 0.308. The highest BCUT2D eigenvalue weighted by molar-refractivity contribution is 6.32. The van der Waals surface area contributed by atoms with Crippen LogP contribution in [0.1, 0.15) is 25.2 Å². The summed E-state index contributed by atoms with van der Waals surface area (Å²) < 4.78 is 1.58. The second kappa shape index (κ2) is 5.40. The van der Waals surface area contributed by atoms with Crippen molar-refractivity contribution >= 4 is 17.3 Å². The molecule has 0 amide bonds. The van der Waals surface area contributed by atoms with E-state index in [2.05, 4.69) is 5.10 Å². The van der Waals surface area contributed by atoms with E-state index in [4.69, 9.17) is 11.6 Å². The number of nitrogens with zero attached hydrogens (tertiary/aromatic N) is 3. The molecule has 2 rings (SSSR count). The molecule has 0 N–H and O–H groups in total. The van der Waals surface area contributed by atoms with E-state index in [0.717, 1.165) is 24.2 Å². The van der Waals surface area contributed by atoms with Gasteiger partial charge in [0.25, 0.3) is 5.69 Å². The van der Waals surface area contributed by atoms with Gasteiger partial charge in [-0.15, -0.1) is 0 Å². The van der Waals surface area contributed by atoms with Crippen molar-refractivity contribution in [3.8, 4) is 5.69 Å². The van der Waals surface area contributed by atoms with Crippen molar-refractivity contribution in [1.82, 2.24) is 9.78 Å². The zero-order valence-electron chi connectivity index (χ0n) is 10.8. The monoisotopic (exact) mass is 279 g/mol. The van der Waals surface area contributed by atoms with Gasteiger partial charge in [-0.3, -0.25) is 10.1 Å². The molecule has 0 fully saturated rings. The van der Waals surface area contributed by atoms with E-state index < -0.39 is 4.92 Å². The van der Waals surface area contributed by atoms with Crippen LogP contribution in [-0.2, 0) is 12.8 Å². The molecular weight excluding hydrogens is 266 g/mol. The minimum atomic E-state index is -0.437. The normalized spacial score (nSPS) is 10.7. The van der Waals surface area contributed by atoms with Crippen LogP contribution in [0.3, 0.4) is 0 Å². The molecule has 0 unspecified atom stereocenters. The number of hydrogen-bond acceptors (Lipinski definition) is 3. The van der Waals surface area contributed by atoms with E-state index in [9.17, 15) is 10.1 Å². The lowest BCUT2D eigenvalue weighted by molar-refractivity contribution is -0.384. The molecule has 0 aliphatic heterocycles. The highest BCUT2D eigenvalue weighted by Crippen LogP contribution is 2.31. The molecule has 0 atom stereocenters. The highest BCUT2D eigenvalue weighted by Gasteiger charge is 2.21. The van der Waals surface area contributed by atoms with E-state index in [1.165, 1.54) is 6.07 Å². The largest absolute Gasteiger partial charge is 0.296 e. The number of aromatic nitrogens is 2. The van der Waals surface area contributed by atoms with Gasteiger partial charge in [-0.1, -0.05) is 31.5 Å². The van der Waals surface area contributed by atoms with Gasteiger partial charge in [0.2, 0.25) is 0 Å². The van der Waals surface area contributed by atoms with Crippen LogP contribution in [0.15, 0.2) is 24.3 Å². The predicted molar refractivity (Wildman–Crippen MR) is 74.0 cm³/mol. The minimum absolute atomic E-state index is 0.0343. The molecule has 1 heterocycles. The van der Waals surface area contributed by atoms with Gasteiger partial charge < -0.3 is 0 Å². The molecular formula is C13H14ClN3O2. The van der Waals surface area contributed by atoms with Gasteiger partial charge in [0, 0.05) is 11.8 Å². The topological polar surface area (TPSA) is 61.0 Å². The Morgan fingerprint density at radius 1 is 1.37 bits per heavy atom. The molecule has 1 aromatic heterocycles. The number of benzene rings is 1. The maximum absolute atomic E-state index is 11.1. The smallest absolute Gasteiger partial charge is 0.258 e. The molecule has 6 heteroatoms. The Hall–Kier alpha value is -1.88. The standard InChI is InChI=1S/C13H14ClN3O2/c1-3-9-8-10(4-2)16(15-9)13-11(14)6-5-7-12(13)17(18)19/h5-8H,3-4H2,1-2H3. The van der Waals surface area contributed by atoms with Crippen molar-refractivity contribution in [2.75, 3.05) is 0 Å². The van der Waals surface area contributed by atoms with Gasteiger partial charge in [0.1, 0.15) is 0 Å². The molecule has 0 aliphatic rings. The lowest BCUT2D eigenvalue weighted by Crippen LogP contribution is -2.06. The Morgan fingerprint density at radius 2 is 2.11 bits per heavy atom. The van der Waals surface area contributed by atoms with Gasteiger partial charge in [-0.05, 0) is 25.0 Å². The molecule has 2 aromatic rings. The Kier molecular flexibility index (Phi) is 3.85. The number of rotatable bonds is 4. The van der Waals surface area contributed by atoms with E-state index >= 15 is 0 Å². The summed E-state index contributed by atoms with van der Waals surface area (Å²) in [5.74, 6) is 0. The molecule has 0 spiro atoms. The van der Waals surface area contributed by atoms with Crippen molar-refractivity contribution in [3.05, 3.63) is 50.8 Å². The summed E-state index contributed by atoms with van der Waals surface area (Å²) in [4.78, 5) is 10.7. The van der Waals surface area contributed by atoms with Gasteiger partial charge in [0.05, 0.1) is 15.6 Å². The third-order valence-corrected chi connectivity index (χ3v) is 3.24. The molecule has 0 radical (unpaired) electrons. The number of nitro groups is 1. The molecule has 0 bridgehead atoms. The summed E-state index contributed by atoms with van der Waals surface area (Å²) in [6.45, 7) is 3.97. The molecule has 1 aromatic carbocycles. The van der Waals surface area contributed by atoms with Crippen LogP contribution in [0.25, 0.3) is 5.69 Å². The summed E-state index contributed by atoms with van der Waals surface area (Å²) in [5, 5.41) is 15.9. The van der Waals surface area contributed by atoms with Crippen LogP contribution in [0, 0.1) is 10.1 Å². The average Bonchev–Trinajstić information content (AvgIpc) is 2.81. The first kappa shape index (κ1) is 13.5. The minimum Gasteiger partial charge on any atom is -0.258 e. The average molecular weight is 280 g/mol. The van der Waals surface area contributed by atoms with Gasteiger partial charge >= 0.3 is 0 Å². The molecule has 0 saturated carbocycles. The van der Waals surface area contributed by atoms with Crippen molar-refractivity contribution in [2.24, 2.45) is 0 Å². The molecule has 0 saturated heterocycles. The summed E-state index contributed by atoms with van der Waals surface area (Å²) in [6, 6.07) is 6.59. The van der Waals surface area contributed by atoms with Gasteiger partial charge in [-0.2, -0.15) is 5.10 Å². The first-order chi connectivity index (χ1) is 9.08. The Balaban J connectivity index is 2.70. The van der Waals surface area contributed by atoms with E-state index in [1.54, 1.807) is 16.8 Å². The first-order valence-corrected chi connectivity index (χ1v) is 6.47. The van der Waals surface area contributed by atoms with Gasteiger partial charge in [0.15, 0.2) is 5.69 Å². The van der Waals surface area contributed by atoms with Crippen LogP contribution in [0.2, 0.25) is 5.02 Å². The maximum Gasteiger partial charge on any atom is 0.296 e.